The minimum absolute atomic E-state index is 0.124. The standard InChI is InChI=1S/C12H22N2O2/c1-9-10(4-6-13-9)11(15)14-12(2)5-3-7-16-8-12/h9-10,13H,3-8H2,1-2H3,(H,14,15). The Balaban J connectivity index is 1.90. The van der Waals surface area contributed by atoms with E-state index in [0.29, 0.717) is 12.6 Å². The van der Waals surface area contributed by atoms with Crippen LogP contribution >= 0.6 is 0 Å². The van der Waals surface area contributed by atoms with Crippen LogP contribution in [0, 0.1) is 5.92 Å². The monoisotopic (exact) mass is 226 g/mol. The lowest BCUT2D eigenvalue weighted by atomic mass is 9.92. The molecule has 2 heterocycles. The Hall–Kier alpha value is -0.610. The van der Waals surface area contributed by atoms with Crippen LogP contribution in [0.1, 0.15) is 33.1 Å². The molecule has 0 aliphatic carbocycles. The van der Waals surface area contributed by atoms with E-state index in [1.807, 2.05) is 0 Å². The molecule has 0 aromatic rings. The normalized spacial score (nSPS) is 39.6. The van der Waals surface area contributed by atoms with E-state index in [1.54, 1.807) is 0 Å². The predicted octanol–water partition coefficient (Wildman–Crippen LogP) is 0.670. The van der Waals surface area contributed by atoms with Gasteiger partial charge in [0.15, 0.2) is 0 Å². The quantitative estimate of drug-likeness (QED) is 0.727. The van der Waals surface area contributed by atoms with Gasteiger partial charge in [0, 0.05) is 12.6 Å². The maximum absolute atomic E-state index is 12.1. The molecule has 0 aromatic heterocycles. The second-order valence-electron chi connectivity index (χ2n) is 5.34. The van der Waals surface area contributed by atoms with Gasteiger partial charge in [-0.15, -0.1) is 0 Å². The number of carbonyl (C=O) groups is 1. The second kappa shape index (κ2) is 4.72. The lowest BCUT2D eigenvalue weighted by Gasteiger charge is -2.35. The molecule has 2 fully saturated rings. The zero-order valence-corrected chi connectivity index (χ0v) is 10.2. The Kier molecular flexibility index (Phi) is 3.50. The van der Waals surface area contributed by atoms with E-state index in [2.05, 4.69) is 24.5 Å². The van der Waals surface area contributed by atoms with Crippen LogP contribution < -0.4 is 10.6 Å². The Morgan fingerprint density at radius 3 is 2.94 bits per heavy atom. The molecule has 2 aliphatic rings. The zero-order valence-electron chi connectivity index (χ0n) is 10.2. The Morgan fingerprint density at radius 1 is 1.56 bits per heavy atom. The van der Waals surface area contributed by atoms with Crippen LogP contribution in [-0.4, -0.2) is 37.2 Å². The van der Waals surface area contributed by atoms with Gasteiger partial charge < -0.3 is 15.4 Å². The molecule has 0 saturated carbocycles. The van der Waals surface area contributed by atoms with E-state index < -0.39 is 0 Å². The van der Waals surface area contributed by atoms with Crippen LogP contribution in [0.15, 0.2) is 0 Å². The molecule has 16 heavy (non-hydrogen) atoms. The van der Waals surface area contributed by atoms with Crippen LogP contribution in [0.5, 0.6) is 0 Å². The number of amides is 1. The maximum atomic E-state index is 12.1. The molecule has 1 amide bonds. The van der Waals surface area contributed by atoms with Crippen molar-refractivity contribution in [3.05, 3.63) is 0 Å². The largest absolute Gasteiger partial charge is 0.379 e. The van der Waals surface area contributed by atoms with Crippen molar-refractivity contribution >= 4 is 5.91 Å². The summed E-state index contributed by atoms with van der Waals surface area (Å²) in [4.78, 5) is 12.1. The van der Waals surface area contributed by atoms with Gasteiger partial charge in [0.1, 0.15) is 0 Å². The molecule has 4 heteroatoms. The van der Waals surface area contributed by atoms with E-state index in [-0.39, 0.29) is 17.4 Å². The fourth-order valence-electron chi connectivity index (χ4n) is 2.64. The molecule has 2 N–H and O–H groups in total. The van der Waals surface area contributed by atoms with Gasteiger partial charge in [-0.25, -0.2) is 0 Å². The highest BCUT2D eigenvalue weighted by Crippen LogP contribution is 2.21. The molecule has 2 saturated heterocycles. The number of nitrogens with one attached hydrogen (secondary N) is 2. The van der Waals surface area contributed by atoms with Gasteiger partial charge in [0.25, 0.3) is 0 Å². The van der Waals surface area contributed by atoms with Crippen molar-refractivity contribution in [3.63, 3.8) is 0 Å². The Bertz CT molecular complexity index is 262. The average molecular weight is 226 g/mol. The molecule has 0 aromatic carbocycles. The molecule has 0 spiro atoms. The van der Waals surface area contributed by atoms with Crippen LogP contribution in [-0.2, 0) is 9.53 Å². The van der Waals surface area contributed by atoms with Crippen LogP contribution in [0.25, 0.3) is 0 Å². The molecule has 2 rings (SSSR count). The van der Waals surface area contributed by atoms with Crippen LogP contribution in [0.4, 0.5) is 0 Å². The highest BCUT2D eigenvalue weighted by Gasteiger charge is 2.35. The van der Waals surface area contributed by atoms with Gasteiger partial charge in [-0.3, -0.25) is 4.79 Å². The number of rotatable bonds is 2. The first-order valence-corrected chi connectivity index (χ1v) is 6.24. The predicted molar refractivity (Wildman–Crippen MR) is 62.2 cm³/mol. The van der Waals surface area contributed by atoms with Crippen molar-refractivity contribution in [2.75, 3.05) is 19.8 Å². The molecule has 92 valence electrons. The number of ether oxygens (including phenoxy) is 1. The molecule has 3 atom stereocenters. The van der Waals surface area contributed by atoms with Crippen LogP contribution in [0.3, 0.4) is 0 Å². The molecular formula is C12H22N2O2. The second-order valence-corrected chi connectivity index (χ2v) is 5.34. The topological polar surface area (TPSA) is 50.4 Å². The third kappa shape index (κ3) is 2.55. The summed E-state index contributed by atoms with van der Waals surface area (Å²) in [5.74, 6) is 0.309. The van der Waals surface area contributed by atoms with Gasteiger partial charge in [-0.1, -0.05) is 0 Å². The summed E-state index contributed by atoms with van der Waals surface area (Å²) >= 11 is 0. The molecule has 4 nitrogen and oxygen atoms in total. The minimum atomic E-state index is -0.155. The van der Waals surface area contributed by atoms with Crippen molar-refractivity contribution < 1.29 is 9.53 Å². The van der Waals surface area contributed by atoms with Crippen molar-refractivity contribution in [2.24, 2.45) is 5.92 Å². The highest BCUT2D eigenvalue weighted by atomic mass is 16.5. The lowest BCUT2D eigenvalue weighted by Crippen LogP contribution is -2.54. The minimum Gasteiger partial charge on any atom is -0.379 e. The zero-order chi connectivity index (χ0) is 11.6. The molecule has 2 aliphatic heterocycles. The molecule has 3 unspecified atom stereocenters. The summed E-state index contributed by atoms with van der Waals surface area (Å²) in [5.41, 5.74) is -0.155. The van der Waals surface area contributed by atoms with E-state index in [1.165, 1.54) is 0 Å². The third-order valence-corrected chi connectivity index (χ3v) is 3.72. The summed E-state index contributed by atoms with van der Waals surface area (Å²) in [6.07, 6.45) is 3.01. The molecule has 0 bridgehead atoms. The van der Waals surface area contributed by atoms with Crippen molar-refractivity contribution in [1.82, 2.24) is 10.6 Å². The number of hydrogen-bond donors (Lipinski definition) is 2. The Morgan fingerprint density at radius 2 is 2.38 bits per heavy atom. The number of carbonyl (C=O) groups excluding carboxylic acids is 1. The summed E-state index contributed by atoms with van der Waals surface area (Å²) in [6, 6.07) is 0.299. The Labute approximate surface area is 97.1 Å². The average Bonchev–Trinajstić information content (AvgIpc) is 2.65. The SMILES string of the molecule is CC1NCCC1C(=O)NC1(C)CCCOC1. The maximum Gasteiger partial charge on any atom is 0.225 e. The summed E-state index contributed by atoms with van der Waals surface area (Å²) in [5, 5.41) is 6.47. The van der Waals surface area contributed by atoms with Gasteiger partial charge in [-0.2, -0.15) is 0 Å². The van der Waals surface area contributed by atoms with Gasteiger partial charge in [0.05, 0.1) is 18.1 Å². The van der Waals surface area contributed by atoms with E-state index in [9.17, 15) is 4.79 Å². The number of hydrogen-bond acceptors (Lipinski definition) is 3. The van der Waals surface area contributed by atoms with Crippen molar-refractivity contribution in [2.45, 2.75) is 44.7 Å². The fraction of sp³-hybridized carbons (Fsp3) is 0.917. The van der Waals surface area contributed by atoms with Crippen molar-refractivity contribution in [3.8, 4) is 0 Å². The van der Waals surface area contributed by atoms with Crippen molar-refractivity contribution in [1.29, 1.82) is 0 Å². The summed E-state index contributed by atoms with van der Waals surface area (Å²) in [6.45, 7) is 6.58. The first kappa shape index (κ1) is 11.9. The van der Waals surface area contributed by atoms with E-state index in [0.717, 1.165) is 32.4 Å². The van der Waals surface area contributed by atoms with Gasteiger partial charge in [-0.05, 0) is 39.7 Å². The summed E-state index contributed by atoms with van der Waals surface area (Å²) < 4.78 is 5.45. The molecule has 0 radical (unpaired) electrons. The lowest BCUT2D eigenvalue weighted by molar-refractivity contribution is -0.128. The highest BCUT2D eigenvalue weighted by molar-refractivity contribution is 5.80. The fourth-order valence-corrected chi connectivity index (χ4v) is 2.64. The smallest absolute Gasteiger partial charge is 0.225 e. The van der Waals surface area contributed by atoms with E-state index in [4.69, 9.17) is 4.74 Å². The van der Waals surface area contributed by atoms with Gasteiger partial charge >= 0.3 is 0 Å². The first-order valence-electron chi connectivity index (χ1n) is 6.24. The summed E-state index contributed by atoms with van der Waals surface area (Å²) in [7, 11) is 0. The van der Waals surface area contributed by atoms with Crippen LogP contribution in [0.2, 0.25) is 0 Å². The first-order chi connectivity index (χ1) is 7.61. The third-order valence-electron chi connectivity index (χ3n) is 3.72. The van der Waals surface area contributed by atoms with E-state index >= 15 is 0 Å². The molecular weight excluding hydrogens is 204 g/mol. The van der Waals surface area contributed by atoms with Gasteiger partial charge in [0.2, 0.25) is 5.91 Å².